The van der Waals surface area contributed by atoms with Crippen molar-refractivity contribution in [1.82, 2.24) is 9.91 Å². The topological polar surface area (TPSA) is 54.4 Å². The van der Waals surface area contributed by atoms with Crippen LogP contribution >= 0.6 is 27.3 Å². The molecule has 0 bridgehead atoms. The number of likely N-dealkylation sites (tertiary alicyclic amines) is 1. The Hall–Kier alpha value is -2.06. The first-order valence-electron chi connectivity index (χ1n) is 9.90. The highest BCUT2D eigenvalue weighted by Crippen LogP contribution is 2.50. The number of hydrogen-bond donors (Lipinski definition) is 0. The molecule has 1 saturated heterocycles. The third-order valence-electron chi connectivity index (χ3n) is 5.83. The normalized spacial score (nSPS) is 22.0. The Kier molecular flexibility index (Phi) is 4.78. The minimum absolute atomic E-state index is 0.141. The van der Waals surface area contributed by atoms with Crippen LogP contribution in [0.5, 0.6) is 5.75 Å². The van der Waals surface area contributed by atoms with E-state index < -0.39 is 5.72 Å². The number of fused-ring (bicyclic) bond motifs is 4. The fraction of sp³-hybridized carbons (Fsp3) is 0.429. The van der Waals surface area contributed by atoms with Gasteiger partial charge in [-0.05, 0) is 36.6 Å². The lowest BCUT2D eigenvalue weighted by Gasteiger charge is -2.51. The zero-order valence-corrected chi connectivity index (χ0v) is 18.5. The predicted octanol–water partition coefficient (Wildman–Crippen LogP) is 5.00. The second-order valence-electron chi connectivity index (χ2n) is 7.50. The molecule has 0 radical (unpaired) electrons. The smallest absolute Gasteiger partial charge is 0.409 e. The van der Waals surface area contributed by atoms with Crippen LogP contribution in [0.1, 0.15) is 42.7 Å². The molecule has 8 heteroatoms. The fourth-order valence-electron chi connectivity index (χ4n) is 4.43. The lowest BCUT2D eigenvalue weighted by molar-refractivity contribution is -0.147. The van der Waals surface area contributed by atoms with Crippen LogP contribution in [-0.4, -0.2) is 47.1 Å². The van der Waals surface area contributed by atoms with E-state index in [1.54, 1.807) is 16.2 Å². The number of amides is 1. The van der Waals surface area contributed by atoms with E-state index in [4.69, 9.17) is 14.6 Å². The summed E-state index contributed by atoms with van der Waals surface area (Å²) in [6.07, 6.45) is 2.00. The van der Waals surface area contributed by atoms with Gasteiger partial charge in [0.2, 0.25) is 5.72 Å². The van der Waals surface area contributed by atoms with Gasteiger partial charge in [-0.2, -0.15) is 5.10 Å². The number of halogens is 1. The van der Waals surface area contributed by atoms with Gasteiger partial charge in [0.1, 0.15) is 5.75 Å². The molecule has 1 spiro atoms. The number of hydrogen-bond acceptors (Lipinski definition) is 6. The van der Waals surface area contributed by atoms with E-state index in [0.29, 0.717) is 32.5 Å². The highest BCUT2D eigenvalue weighted by atomic mass is 79.9. The molecule has 1 aromatic heterocycles. The SMILES string of the molecule is CCOC(=O)N1CCC2(CC1)Oc1ccc(Br)cc1C1CC(c3cccs3)=NN12. The van der Waals surface area contributed by atoms with Crippen molar-refractivity contribution in [3.8, 4) is 5.75 Å². The van der Waals surface area contributed by atoms with E-state index in [-0.39, 0.29) is 12.1 Å². The first-order valence-corrected chi connectivity index (χ1v) is 11.6. The van der Waals surface area contributed by atoms with Gasteiger partial charge in [0, 0.05) is 42.4 Å². The molecule has 5 rings (SSSR count). The average Bonchev–Trinajstić information content (AvgIpc) is 3.40. The minimum Gasteiger partial charge on any atom is -0.466 e. The highest BCUT2D eigenvalue weighted by molar-refractivity contribution is 9.10. The van der Waals surface area contributed by atoms with E-state index in [2.05, 4.69) is 44.5 Å². The summed E-state index contributed by atoms with van der Waals surface area (Å²) >= 11 is 5.32. The predicted molar refractivity (Wildman–Crippen MR) is 115 cm³/mol. The molecule has 2 aromatic rings. The highest BCUT2D eigenvalue weighted by Gasteiger charge is 2.52. The van der Waals surface area contributed by atoms with E-state index in [1.165, 1.54) is 4.88 Å². The summed E-state index contributed by atoms with van der Waals surface area (Å²) in [6.45, 7) is 3.41. The summed E-state index contributed by atoms with van der Waals surface area (Å²) in [5.74, 6) is 0.918. The van der Waals surface area contributed by atoms with Gasteiger partial charge in [-0.15, -0.1) is 11.3 Å². The van der Waals surface area contributed by atoms with Gasteiger partial charge in [-0.25, -0.2) is 9.80 Å². The van der Waals surface area contributed by atoms with E-state index in [1.807, 2.05) is 19.1 Å². The fourth-order valence-corrected chi connectivity index (χ4v) is 5.53. The van der Waals surface area contributed by atoms with Gasteiger partial charge in [0.05, 0.1) is 23.2 Å². The molecule has 6 nitrogen and oxygen atoms in total. The van der Waals surface area contributed by atoms with Crippen LogP contribution in [0, 0.1) is 0 Å². The number of hydrazone groups is 1. The van der Waals surface area contributed by atoms with Crippen LogP contribution in [0.3, 0.4) is 0 Å². The molecular weight excluding hydrogens is 454 g/mol. The third-order valence-corrected chi connectivity index (χ3v) is 7.25. The molecule has 0 N–H and O–H groups in total. The number of piperidine rings is 1. The van der Waals surface area contributed by atoms with Gasteiger partial charge in [0.15, 0.2) is 0 Å². The van der Waals surface area contributed by atoms with Crippen LogP contribution in [0.15, 0.2) is 45.3 Å². The van der Waals surface area contributed by atoms with E-state index >= 15 is 0 Å². The van der Waals surface area contributed by atoms with Gasteiger partial charge >= 0.3 is 6.09 Å². The Morgan fingerprint density at radius 1 is 1.38 bits per heavy atom. The first-order chi connectivity index (χ1) is 14.1. The second-order valence-corrected chi connectivity index (χ2v) is 9.37. The van der Waals surface area contributed by atoms with E-state index in [9.17, 15) is 4.79 Å². The quantitative estimate of drug-likeness (QED) is 0.612. The maximum Gasteiger partial charge on any atom is 0.409 e. The zero-order chi connectivity index (χ0) is 20.0. The van der Waals surface area contributed by atoms with Crippen molar-refractivity contribution in [2.45, 2.75) is 38.0 Å². The Morgan fingerprint density at radius 2 is 2.21 bits per heavy atom. The molecule has 3 aliphatic heterocycles. The summed E-state index contributed by atoms with van der Waals surface area (Å²) < 4.78 is 12.8. The van der Waals surface area contributed by atoms with Crippen molar-refractivity contribution < 1.29 is 14.3 Å². The Bertz CT molecular complexity index is 954. The van der Waals surface area contributed by atoms with Crippen molar-refractivity contribution in [3.63, 3.8) is 0 Å². The number of nitrogens with zero attached hydrogens (tertiary/aromatic N) is 3. The van der Waals surface area contributed by atoms with Crippen molar-refractivity contribution >= 4 is 39.1 Å². The van der Waals surface area contributed by atoms with Crippen molar-refractivity contribution in [2.24, 2.45) is 5.10 Å². The Balaban J connectivity index is 1.49. The summed E-state index contributed by atoms with van der Waals surface area (Å²) in [5, 5.41) is 9.30. The largest absolute Gasteiger partial charge is 0.466 e. The molecule has 1 amide bonds. The standard InChI is InChI=1S/C21H22BrN3O3S/c1-2-27-20(26)24-9-7-21(8-10-24)25-17(13-16(23-25)19-4-3-11-29-19)15-12-14(22)5-6-18(15)28-21/h3-6,11-12,17H,2,7-10,13H2,1H3. The molecule has 3 aliphatic rings. The lowest BCUT2D eigenvalue weighted by atomic mass is 9.91. The molecule has 152 valence electrons. The molecule has 29 heavy (non-hydrogen) atoms. The van der Waals surface area contributed by atoms with Crippen molar-refractivity contribution in [2.75, 3.05) is 19.7 Å². The maximum atomic E-state index is 12.2. The van der Waals surface area contributed by atoms with Gasteiger partial charge in [0.25, 0.3) is 0 Å². The minimum atomic E-state index is -0.534. The van der Waals surface area contributed by atoms with Crippen LogP contribution in [0.2, 0.25) is 0 Å². The van der Waals surface area contributed by atoms with Crippen LogP contribution in [-0.2, 0) is 4.74 Å². The van der Waals surface area contributed by atoms with Crippen molar-refractivity contribution in [3.05, 3.63) is 50.6 Å². The summed E-state index contributed by atoms with van der Waals surface area (Å²) in [6, 6.07) is 10.5. The molecule has 1 aromatic carbocycles. The zero-order valence-electron chi connectivity index (χ0n) is 16.1. The lowest BCUT2D eigenvalue weighted by Crippen LogP contribution is -2.59. The molecule has 0 aliphatic carbocycles. The monoisotopic (exact) mass is 475 g/mol. The number of rotatable bonds is 2. The number of carbonyl (C=O) groups is 1. The maximum absolute atomic E-state index is 12.2. The third kappa shape index (κ3) is 3.22. The van der Waals surface area contributed by atoms with Gasteiger partial charge in [-0.1, -0.05) is 22.0 Å². The molecule has 1 fully saturated rings. The Labute approximate surface area is 182 Å². The first kappa shape index (κ1) is 18.9. The summed E-state index contributed by atoms with van der Waals surface area (Å²) in [4.78, 5) is 15.1. The number of thiophene rings is 1. The van der Waals surface area contributed by atoms with Gasteiger partial charge in [-0.3, -0.25) is 0 Å². The average molecular weight is 476 g/mol. The number of carbonyl (C=O) groups excluding carboxylic acids is 1. The molecule has 1 atom stereocenters. The molecule has 4 heterocycles. The molecule has 1 unspecified atom stereocenters. The molecule has 0 saturated carbocycles. The molecular formula is C21H22BrN3O3S. The second kappa shape index (κ2) is 7.32. The summed E-state index contributed by atoms with van der Waals surface area (Å²) in [7, 11) is 0. The van der Waals surface area contributed by atoms with Gasteiger partial charge < -0.3 is 14.4 Å². The number of ether oxygens (including phenoxy) is 2. The van der Waals surface area contributed by atoms with Crippen LogP contribution in [0.4, 0.5) is 4.79 Å². The number of benzene rings is 1. The van der Waals surface area contributed by atoms with Crippen LogP contribution in [0.25, 0.3) is 0 Å². The van der Waals surface area contributed by atoms with E-state index in [0.717, 1.165) is 27.9 Å². The van der Waals surface area contributed by atoms with Crippen LogP contribution < -0.4 is 4.74 Å². The van der Waals surface area contributed by atoms with Crippen molar-refractivity contribution in [1.29, 1.82) is 0 Å². The summed E-state index contributed by atoms with van der Waals surface area (Å²) in [5.41, 5.74) is 1.73. The Morgan fingerprint density at radius 3 is 2.93 bits per heavy atom.